The summed E-state index contributed by atoms with van der Waals surface area (Å²) in [6.45, 7) is 5.25. The molecule has 0 bridgehead atoms. The van der Waals surface area contributed by atoms with Crippen LogP contribution in [0.5, 0.6) is 0 Å². The SMILES string of the molecule is Cn1c(C(=O)Nc2cccc(-c3cccc(NC(=O)c4nc5c(n4C)CCN(C[C@H]4CC[C@@H](C(=O)O)CC4)C5)c3Cl)c2Cl)nc2c1CCN(CC1CC1)C2. The maximum absolute atomic E-state index is 13.7. The van der Waals surface area contributed by atoms with Crippen LogP contribution >= 0.6 is 23.2 Å². The number of hydrogen-bond acceptors (Lipinski definition) is 7. The maximum Gasteiger partial charge on any atom is 0.306 e. The molecule has 54 heavy (non-hydrogen) atoms. The summed E-state index contributed by atoms with van der Waals surface area (Å²) in [6.07, 6.45) is 7.56. The number of nitrogens with one attached hydrogen (secondary N) is 2. The zero-order chi connectivity index (χ0) is 37.7. The van der Waals surface area contributed by atoms with Gasteiger partial charge in [-0.15, -0.1) is 0 Å². The fraction of sp³-hybridized carbons (Fsp3) is 0.475. The lowest BCUT2D eigenvalue weighted by Crippen LogP contribution is -2.36. The largest absolute Gasteiger partial charge is 0.481 e. The normalized spacial score (nSPS) is 20.3. The second-order valence-corrected chi connectivity index (χ2v) is 16.2. The minimum absolute atomic E-state index is 0.221. The molecule has 2 aromatic heterocycles. The van der Waals surface area contributed by atoms with E-state index < -0.39 is 5.97 Å². The van der Waals surface area contributed by atoms with E-state index in [0.717, 1.165) is 99.9 Å². The first-order valence-electron chi connectivity index (χ1n) is 19.0. The fourth-order valence-electron chi connectivity index (χ4n) is 8.53. The van der Waals surface area contributed by atoms with Crippen LogP contribution in [0.25, 0.3) is 11.1 Å². The van der Waals surface area contributed by atoms with Crippen molar-refractivity contribution in [3.8, 4) is 11.1 Å². The van der Waals surface area contributed by atoms with Crippen molar-refractivity contribution in [1.29, 1.82) is 0 Å². The Morgan fingerprint density at radius 2 is 1.13 bits per heavy atom. The number of carbonyl (C=O) groups excluding carboxylic acids is 2. The first-order chi connectivity index (χ1) is 26.0. The smallest absolute Gasteiger partial charge is 0.306 e. The number of amides is 2. The van der Waals surface area contributed by atoms with Gasteiger partial charge in [0, 0.05) is 88.7 Å². The summed E-state index contributed by atoms with van der Waals surface area (Å²) in [4.78, 5) is 53.0. The Balaban J connectivity index is 0.940. The van der Waals surface area contributed by atoms with Crippen LogP contribution in [0.3, 0.4) is 0 Å². The lowest BCUT2D eigenvalue weighted by molar-refractivity contribution is -0.143. The van der Waals surface area contributed by atoms with Gasteiger partial charge >= 0.3 is 5.97 Å². The molecule has 0 radical (unpaired) electrons. The Labute approximate surface area is 324 Å². The van der Waals surface area contributed by atoms with E-state index >= 15 is 0 Å². The predicted molar refractivity (Wildman–Crippen MR) is 208 cm³/mol. The van der Waals surface area contributed by atoms with Crippen LogP contribution in [0.1, 0.15) is 82.5 Å². The van der Waals surface area contributed by atoms with E-state index in [0.29, 0.717) is 56.7 Å². The van der Waals surface area contributed by atoms with Crippen molar-refractivity contribution in [1.82, 2.24) is 28.9 Å². The standard InChI is InChI=1S/C40H46Cl2N8O4/c1-47-32-15-17-49(19-23-9-10-23)21-30(32)43-36(47)38(51)45-28-7-3-5-26(34(28)41)27-6-4-8-29(35(27)42)46-39(52)37-44-31-22-50(18-16-33(31)48(37)2)20-24-11-13-25(14-12-24)40(53)54/h3-8,23-25H,9-22H2,1-2H3,(H,45,51)(H,46,52)(H,53,54)/t24-,25+. The van der Waals surface area contributed by atoms with Gasteiger partial charge in [-0.3, -0.25) is 24.2 Å². The molecule has 8 rings (SSSR count). The predicted octanol–water partition coefficient (Wildman–Crippen LogP) is 6.65. The number of fused-ring (bicyclic) bond motifs is 2. The second-order valence-electron chi connectivity index (χ2n) is 15.5. The number of carbonyl (C=O) groups is 3. The Morgan fingerprint density at radius 1 is 0.704 bits per heavy atom. The quantitative estimate of drug-likeness (QED) is 0.163. The molecule has 4 heterocycles. The third-order valence-electron chi connectivity index (χ3n) is 11.8. The van der Waals surface area contributed by atoms with E-state index in [4.69, 9.17) is 33.2 Å². The number of nitrogens with zero attached hydrogens (tertiary/aromatic N) is 6. The molecular weight excluding hydrogens is 727 g/mol. The minimum atomic E-state index is -0.684. The second kappa shape index (κ2) is 15.1. The molecule has 2 aliphatic heterocycles. The molecule has 0 atom stereocenters. The number of carboxylic acids is 1. The third kappa shape index (κ3) is 7.41. The highest BCUT2D eigenvalue weighted by Crippen LogP contribution is 2.41. The Morgan fingerprint density at radius 3 is 1.54 bits per heavy atom. The number of halogens is 2. The first kappa shape index (κ1) is 36.7. The number of anilines is 2. The Bertz CT molecular complexity index is 2120. The van der Waals surface area contributed by atoms with Crippen molar-refractivity contribution >= 4 is 52.4 Å². The summed E-state index contributed by atoms with van der Waals surface area (Å²) >= 11 is 13.9. The Hall–Kier alpha value is -4.23. The van der Waals surface area contributed by atoms with Crippen molar-refractivity contribution in [3.63, 3.8) is 0 Å². The van der Waals surface area contributed by atoms with Crippen LogP contribution in [0, 0.1) is 17.8 Å². The van der Waals surface area contributed by atoms with Crippen molar-refractivity contribution in [2.75, 3.05) is 36.8 Å². The zero-order valence-electron chi connectivity index (χ0n) is 30.7. The number of carboxylic acid groups (broad SMARTS) is 1. The molecular formula is C40H46Cl2N8O4. The minimum Gasteiger partial charge on any atom is -0.481 e. The molecule has 2 fully saturated rings. The van der Waals surface area contributed by atoms with Gasteiger partial charge in [0.1, 0.15) is 0 Å². The van der Waals surface area contributed by atoms with Crippen LogP contribution in [0.4, 0.5) is 11.4 Å². The molecule has 12 nitrogen and oxygen atoms in total. The number of aliphatic carboxylic acids is 1. The van der Waals surface area contributed by atoms with E-state index in [1.807, 2.05) is 35.4 Å². The van der Waals surface area contributed by atoms with E-state index in [2.05, 4.69) is 20.4 Å². The molecule has 0 unspecified atom stereocenters. The van der Waals surface area contributed by atoms with Gasteiger partial charge in [0.2, 0.25) is 0 Å². The molecule has 3 N–H and O–H groups in total. The average molecular weight is 774 g/mol. The fourth-order valence-corrected chi connectivity index (χ4v) is 9.08. The molecule has 0 spiro atoms. The molecule has 4 aliphatic rings. The number of hydrogen-bond donors (Lipinski definition) is 3. The van der Waals surface area contributed by atoms with Gasteiger partial charge < -0.3 is 24.9 Å². The van der Waals surface area contributed by atoms with Gasteiger partial charge in [0.25, 0.3) is 11.8 Å². The van der Waals surface area contributed by atoms with Gasteiger partial charge in [-0.1, -0.05) is 47.5 Å². The van der Waals surface area contributed by atoms with Gasteiger partial charge in [-0.2, -0.15) is 0 Å². The molecule has 284 valence electrons. The first-order valence-corrected chi connectivity index (χ1v) is 19.8. The third-order valence-corrected chi connectivity index (χ3v) is 12.6. The highest BCUT2D eigenvalue weighted by atomic mass is 35.5. The van der Waals surface area contributed by atoms with Crippen LogP contribution in [0.15, 0.2) is 36.4 Å². The molecule has 14 heteroatoms. The van der Waals surface area contributed by atoms with E-state index in [-0.39, 0.29) is 17.7 Å². The number of benzene rings is 2. The number of aromatic nitrogens is 4. The molecule has 0 saturated heterocycles. The van der Waals surface area contributed by atoms with Crippen LogP contribution in [0.2, 0.25) is 10.0 Å². The monoisotopic (exact) mass is 772 g/mol. The zero-order valence-corrected chi connectivity index (χ0v) is 32.2. The van der Waals surface area contributed by atoms with Crippen LogP contribution in [-0.4, -0.2) is 78.0 Å². The lowest BCUT2D eigenvalue weighted by atomic mass is 9.81. The Kier molecular flexibility index (Phi) is 10.3. The molecule has 2 amide bonds. The molecule has 2 aliphatic carbocycles. The summed E-state index contributed by atoms with van der Waals surface area (Å²) < 4.78 is 3.76. The lowest BCUT2D eigenvalue weighted by Gasteiger charge is -2.33. The van der Waals surface area contributed by atoms with Gasteiger partial charge in [-0.05, 0) is 62.5 Å². The van der Waals surface area contributed by atoms with Crippen molar-refractivity contribution in [2.45, 2.75) is 64.5 Å². The summed E-state index contributed by atoms with van der Waals surface area (Å²) in [5.74, 6) is 0.314. The van der Waals surface area contributed by atoms with Gasteiger partial charge in [-0.25, -0.2) is 9.97 Å². The van der Waals surface area contributed by atoms with Crippen molar-refractivity contribution < 1.29 is 19.5 Å². The van der Waals surface area contributed by atoms with E-state index in [9.17, 15) is 19.5 Å². The summed E-state index contributed by atoms with van der Waals surface area (Å²) in [5, 5.41) is 15.9. The summed E-state index contributed by atoms with van der Waals surface area (Å²) in [5.41, 5.74) is 6.04. The van der Waals surface area contributed by atoms with E-state index in [1.54, 1.807) is 24.3 Å². The number of rotatable bonds is 10. The van der Waals surface area contributed by atoms with Crippen molar-refractivity contribution in [3.05, 3.63) is 80.9 Å². The maximum atomic E-state index is 13.7. The van der Waals surface area contributed by atoms with Crippen molar-refractivity contribution in [2.24, 2.45) is 31.8 Å². The van der Waals surface area contributed by atoms with Crippen LogP contribution < -0.4 is 10.6 Å². The molecule has 4 aromatic rings. The number of imidazole rings is 2. The van der Waals surface area contributed by atoms with Gasteiger partial charge in [0.05, 0.1) is 38.7 Å². The van der Waals surface area contributed by atoms with E-state index in [1.165, 1.54) is 12.8 Å². The highest BCUT2D eigenvalue weighted by molar-refractivity contribution is 6.40. The van der Waals surface area contributed by atoms with Crippen LogP contribution in [-0.2, 0) is 44.8 Å². The summed E-state index contributed by atoms with van der Waals surface area (Å²) in [6, 6.07) is 10.7. The average Bonchev–Trinajstić information content (AvgIpc) is 3.83. The van der Waals surface area contributed by atoms with Gasteiger partial charge in [0.15, 0.2) is 11.6 Å². The summed E-state index contributed by atoms with van der Waals surface area (Å²) in [7, 11) is 3.76. The topological polar surface area (TPSA) is 138 Å². The molecule has 2 aromatic carbocycles. The molecule has 2 saturated carbocycles. The highest BCUT2D eigenvalue weighted by Gasteiger charge is 2.32.